The number of halogens is 2. The van der Waals surface area contributed by atoms with Crippen LogP contribution >= 0.6 is 0 Å². The van der Waals surface area contributed by atoms with Gasteiger partial charge in [-0.25, -0.2) is 27.9 Å². The monoisotopic (exact) mass is 497 g/mol. The SMILES string of the molecule is Cn1c(=O)n(-c2ccc(CC(NC(=O)c3cc(F)c([NH3+])cc3F)C(=O)O)cn2)c(=O)c2ccncc21. The van der Waals surface area contributed by atoms with Crippen LogP contribution in [0.1, 0.15) is 15.9 Å². The number of pyridine rings is 2. The first kappa shape index (κ1) is 24.3. The largest absolute Gasteiger partial charge is 0.480 e. The van der Waals surface area contributed by atoms with Crippen molar-refractivity contribution in [1.29, 1.82) is 0 Å². The van der Waals surface area contributed by atoms with E-state index >= 15 is 0 Å². The van der Waals surface area contributed by atoms with Gasteiger partial charge in [-0.05, 0) is 23.8 Å². The van der Waals surface area contributed by atoms with Gasteiger partial charge in [-0.3, -0.25) is 19.1 Å². The van der Waals surface area contributed by atoms with Gasteiger partial charge < -0.3 is 16.2 Å². The van der Waals surface area contributed by atoms with Gasteiger partial charge in [0.2, 0.25) is 0 Å². The summed E-state index contributed by atoms with van der Waals surface area (Å²) in [5.41, 5.74) is 1.81. The first-order chi connectivity index (χ1) is 17.1. The number of hydrogen-bond donors (Lipinski definition) is 3. The van der Waals surface area contributed by atoms with Gasteiger partial charge in [-0.15, -0.1) is 0 Å². The Hall–Kier alpha value is -4.78. The zero-order chi connectivity index (χ0) is 26.1. The van der Waals surface area contributed by atoms with Crippen LogP contribution in [0.2, 0.25) is 0 Å². The third-order valence-electron chi connectivity index (χ3n) is 5.54. The number of amides is 1. The fourth-order valence-corrected chi connectivity index (χ4v) is 3.60. The van der Waals surface area contributed by atoms with Crippen LogP contribution in [-0.2, 0) is 18.3 Å². The second kappa shape index (κ2) is 9.46. The zero-order valence-corrected chi connectivity index (χ0v) is 18.7. The van der Waals surface area contributed by atoms with E-state index in [2.05, 4.69) is 21.0 Å². The fraction of sp³-hybridized carbons (Fsp3) is 0.130. The zero-order valence-electron chi connectivity index (χ0n) is 18.7. The molecule has 0 spiro atoms. The van der Waals surface area contributed by atoms with Gasteiger partial charge >= 0.3 is 11.7 Å². The Kier molecular flexibility index (Phi) is 6.40. The molecule has 1 amide bonds. The lowest BCUT2D eigenvalue weighted by atomic mass is 10.1. The smallest absolute Gasteiger partial charge is 0.337 e. The van der Waals surface area contributed by atoms with Gasteiger partial charge in [0.1, 0.15) is 17.7 Å². The molecule has 184 valence electrons. The molecule has 0 radical (unpaired) electrons. The normalized spacial score (nSPS) is 11.9. The van der Waals surface area contributed by atoms with Gasteiger partial charge in [-0.1, -0.05) is 6.07 Å². The summed E-state index contributed by atoms with van der Waals surface area (Å²) in [6, 6.07) is 4.13. The lowest BCUT2D eigenvalue weighted by Crippen LogP contribution is -2.43. The maximum absolute atomic E-state index is 14.1. The maximum Gasteiger partial charge on any atom is 0.337 e. The number of nitrogens with one attached hydrogen (secondary N) is 1. The third-order valence-corrected chi connectivity index (χ3v) is 5.54. The van der Waals surface area contributed by atoms with Crippen molar-refractivity contribution in [3.8, 4) is 5.82 Å². The average Bonchev–Trinajstić information content (AvgIpc) is 2.85. The number of fused-ring (bicyclic) bond motifs is 1. The number of nitrogens with zero attached hydrogens (tertiary/aromatic N) is 4. The molecule has 3 aromatic heterocycles. The maximum atomic E-state index is 14.1. The molecule has 4 aromatic rings. The summed E-state index contributed by atoms with van der Waals surface area (Å²) in [5, 5.41) is 11.9. The van der Waals surface area contributed by atoms with E-state index in [4.69, 9.17) is 0 Å². The van der Waals surface area contributed by atoms with Crippen molar-refractivity contribution >= 4 is 28.5 Å². The highest BCUT2D eigenvalue weighted by atomic mass is 19.1. The molecule has 0 saturated heterocycles. The second-order valence-electron chi connectivity index (χ2n) is 7.89. The van der Waals surface area contributed by atoms with E-state index in [0.717, 1.165) is 10.6 Å². The molecule has 0 fully saturated rings. The standard InChI is InChI=1S/C23H18F2N6O5/c1-30-18-10-27-5-4-12(18)21(33)31(23(30)36)19-3-2-11(9-28-19)6-17(22(34)35)29-20(32)13-7-15(25)16(26)8-14(13)24/h2-5,7-10,17H,6,26H2,1H3,(H,29,32)(H,34,35)/p+1. The van der Waals surface area contributed by atoms with Crippen LogP contribution in [-0.4, -0.2) is 42.1 Å². The van der Waals surface area contributed by atoms with Gasteiger partial charge in [-0.2, -0.15) is 0 Å². The first-order valence-corrected chi connectivity index (χ1v) is 10.4. The summed E-state index contributed by atoms with van der Waals surface area (Å²) in [7, 11) is 1.48. The van der Waals surface area contributed by atoms with Crippen LogP contribution in [0, 0.1) is 11.6 Å². The Morgan fingerprint density at radius 3 is 2.56 bits per heavy atom. The molecule has 1 unspecified atom stereocenters. The third kappa shape index (κ3) is 4.46. The topological polar surface area (TPSA) is 164 Å². The molecule has 0 bridgehead atoms. The van der Waals surface area contributed by atoms with Gasteiger partial charge in [0.05, 0.1) is 22.7 Å². The predicted octanol–water partition coefficient (Wildman–Crippen LogP) is 0.0567. The van der Waals surface area contributed by atoms with Crippen molar-refractivity contribution < 1.29 is 29.2 Å². The van der Waals surface area contributed by atoms with Gasteiger partial charge in [0.15, 0.2) is 11.5 Å². The lowest BCUT2D eigenvalue weighted by molar-refractivity contribution is -0.258. The van der Waals surface area contributed by atoms with Crippen molar-refractivity contribution in [3.63, 3.8) is 0 Å². The van der Waals surface area contributed by atoms with Crippen molar-refractivity contribution in [1.82, 2.24) is 24.4 Å². The molecule has 1 atom stereocenters. The quantitative estimate of drug-likeness (QED) is 0.339. The van der Waals surface area contributed by atoms with Crippen molar-refractivity contribution in [2.24, 2.45) is 7.05 Å². The van der Waals surface area contributed by atoms with E-state index in [9.17, 15) is 33.1 Å². The minimum Gasteiger partial charge on any atom is -0.480 e. The highest BCUT2D eigenvalue weighted by Gasteiger charge is 2.24. The minimum atomic E-state index is -1.50. The molecule has 0 aliphatic rings. The van der Waals surface area contributed by atoms with Gasteiger partial charge in [0, 0.05) is 31.9 Å². The summed E-state index contributed by atoms with van der Waals surface area (Å²) in [6.45, 7) is 0. The van der Waals surface area contributed by atoms with Crippen molar-refractivity contribution in [2.45, 2.75) is 12.5 Å². The van der Waals surface area contributed by atoms with Crippen LogP contribution in [0.15, 0.2) is 58.5 Å². The van der Waals surface area contributed by atoms with Crippen LogP contribution in [0.5, 0.6) is 0 Å². The van der Waals surface area contributed by atoms with Crippen LogP contribution in [0.3, 0.4) is 0 Å². The number of rotatable bonds is 6. The number of carboxylic acids is 1. The number of carbonyl (C=O) groups is 2. The molecule has 4 rings (SSSR count). The Balaban J connectivity index is 1.60. The summed E-state index contributed by atoms with van der Waals surface area (Å²) in [5.74, 6) is -4.50. The van der Waals surface area contributed by atoms with Crippen molar-refractivity contribution in [2.75, 3.05) is 0 Å². The second-order valence-corrected chi connectivity index (χ2v) is 7.89. The molecule has 0 aliphatic heterocycles. The van der Waals surface area contributed by atoms with Gasteiger partial charge in [0.25, 0.3) is 11.5 Å². The molecular formula is C23H19F2N6O5+. The van der Waals surface area contributed by atoms with E-state index in [0.29, 0.717) is 17.1 Å². The fourth-order valence-electron chi connectivity index (χ4n) is 3.60. The molecule has 0 aliphatic carbocycles. The highest BCUT2D eigenvalue weighted by Crippen LogP contribution is 2.16. The Bertz CT molecular complexity index is 1630. The summed E-state index contributed by atoms with van der Waals surface area (Å²) >= 11 is 0. The molecule has 36 heavy (non-hydrogen) atoms. The number of hydrogen-bond acceptors (Lipinski definition) is 6. The number of carbonyl (C=O) groups excluding carboxylic acids is 1. The number of aliphatic carboxylic acids is 1. The summed E-state index contributed by atoms with van der Waals surface area (Å²) in [4.78, 5) is 57.8. The number of aryl methyl sites for hydroxylation is 1. The summed E-state index contributed by atoms with van der Waals surface area (Å²) in [6.07, 6.45) is 3.80. The molecule has 5 N–H and O–H groups in total. The Morgan fingerprint density at radius 1 is 1.14 bits per heavy atom. The Labute approximate surface area is 200 Å². The molecule has 11 nitrogen and oxygen atoms in total. The van der Waals surface area contributed by atoms with Crippen LogP contribution in [0.25, 0.3) is 16.7 Å². The van der Waals surface area contributed by atoms with E-state index in [1.807, 2.05) is 0 Å². The van der Waals surface area contributed by atoms with Crippen LogP contribution in [0.4, 0.5) is 14.5 Å². The Morgan fingerprint density at radius 2 is 1.89 bits per heavy atom. The lowest BCUT2D eigenvalue weighted by Gasteiger charge is -2.15. The first-order valence-electron chi connectivity index (χ1n) is 10.4. The molecule has 3 heterocycles. The summed E-state index contributed by atoms with van der Waals surface area (Å²) < 4.78 is 29.9. The number of carboxylic acid groups (broad SMARTS) is 1. The van der Waals surface area contributed by atoms with E-state index in [1.165, 1.54) is 48.4 Å². The molecular weight excluding hydrogens is 478 g/mol. The number of aromatic nitrogens is 4. The molecule has 0 saturated carbocycles. The highest BCUT2D eigenvalue weighted by molar-refractivity contribution is 5.97. The van der Waals surface area contributed by atoms with E-state index in [-0.39, 0.29) is 23.3 Å². The van der Waals surface area contributed by atoms with E-state index in [1.54, 1.807) is 0 Å². The number of benzene rings is 1. The molecule has 13 heteroatoms. The van der Waals surface area contributed by atoms with Crippen LogP contribution < -0.4 is 22.3 Å². The average molecular weight is 497 g/mol. The van der Waals surface area contributed by atoms with E-state index < -0.39 is 46.4 Å². The predicted molar refractivity (Wildman–Crippen MR) is 122 cm³/mol. The minimum absolute atomic E-state index is 0.00443. The molecule has 1 aromatic carbocycles. The van der Waals surface area contributed by atoms with Crippen molar-refractivity contribution in [3.05, 3.63) is 92.5 Å². The number of quaternary nitrogens is 1.